The van der Waals surface area contributed by atoms with Crippen molar-refractivity contribution in [1.82, 2.24) is 29.5 Å². The van der Waals surface area contributed by atoms with Gasteiger partial charge in [-0.1, -0.05) is 0 Å². The van der Waals surface area contributed by atoms with E-state index in [1.807, 2.05) is 9.58 Å². The fourth-order valence-corrected chi connectivity index (χ4v) is 5.14. The summed E-state index contributed by atoms with van der Waals surface area (Å²) in [6.45, 7) is 6.59. The van der Waals surface area contributed by atoms with Crippen molar-refractivity contribution in [3.05, 3.63) is 35.7 Å². The molecule has 186 valence electrons. The van der Waals surface area contributed by atoms with E-state index >= 15 is 0 Å². The van der Waals surface area contributed by atoms with Crippen molar-refractivity contribution in [3.8, 4) is 5.75 Å². The van der Waals surface area contributed by atoms with Crippen molar-refractivity contribution in [2.75, 3.05) is 45.8 Å². The molecule has 0 aliphatic carbocycles. The number of aromatic nitrogens is 4. The number of hydrogen-bond acceptors (Lipinski definition) is 8. The van der Waals surface area contributed by atoms with Gasteiger partial charge in [-0.15, -0.1) is 0 Å². The summed E-state index contributed by atoms with van der Waals surface area (Å²) in [6, 6.07) is 4.40. The van der Waals surface area contributed by atoms with E-state index in [4.69, 9.17) is 14.5 Å². The maximum absolute atomic E-state index is 12.0. The SMILES string of the molecule is COCCN1CCc2cc(OC)c(Nc3ncc4cnn(C[C@@H]5CCCN5C(C)=O)c4n3)cc2C1. The predicted octanol–water partition coefficient (Wildman–Crippen LogP) is 2.59. The number of ether oxygens (including phenoxy) is 2. The van der Waals surface area contributed by atoms with Gasteiger partial charge in [0.1, 0.15) is 5.75 Å². The van der Waals surface area contributed by atoms with Gasteiger partial charge in [0.05, 0.1) is 43.6 Å². The Morgan fingerprint density at radius 1 is 1.20 bits per heavy atom. The van der Waals surface area contributed by atoms with Crippen molar-refractivity contribution in [2.45, 2.75) is 45.3 Å². The lowest BCUT2D eigenvalue weighted by Gasteiger charge is -2.29. The summed E-state index contributed by atoms with van der Waals surface area (Å²) in [6.07, 6.45) is 6.54. The van der Waals surface area contributed by atoms with Gasteiger partial charge < -0.3 is 19.7 Å². The second-order valence-corrected chi connectivity index (χ2v) is 9.27. The monoisotopic (exact) mass is 479 g/mol. The molecule has 1 saturated heterocycles. The van der Waals surface area contributed by atoms with E-state index < -0.39 is 0 Å². The van der Waals surface area contributed by atoms with Gasteiger partial charge in [-0.3, -0.25) is 9.69 Å². The lowest BCUT2D eigenvalue weighted by atomic mass is 9.98. The van der Waals surface area contributed by atoms with Crippen LogP contribution in [0.3, 0.4) is 0 Å². The molecule has 0 radical (unpaired) electrons. The molecule has 1 atom stereocenters. The molecule has 1 amide bonds. The Kier molecular flexibility index (Phi) is 6.83. The molecule has 5 rings (SSSR count). The molecule has 2 aromatic heterocycles. The Morgan fingerprint density at radius 3 is 2.89 bits per heavy atom. The highest BCUT2D eigenvalue weighted by Crippen LogP contribution is 2.33. The normalized spacial score (nSPS) is 18.1. The lowest BCUT2D eigenvalue weighted by molar-refractivity contribution is -0.129. The highest BCUT2D eigenvalue weighted by Gasteiger charge is 2.27. The van der Waals surface area contributed by atoms with E-state index in [0.29, 0.717) is 12.5 Å². The molecular weight excluding hydrogens is 446 g/mol. The van der Waals surface area contributed by atoms with E-state index in [9.17, 15) is 4.79 Å². The fraction of sp³-hybridized carbons (Fsp3) is 0.520. The number of amides is 1. The predicted molar refractivity (Wildman–Crippen MR) is 133 cm³/mol. The number of methoxy groups -OCH3 is 2. The van der Waals surface area contributed by atoms with Crippen LogP contribution in [0.5, 0.6) is 5.75 Å². The Morgan fingerprint density at radius 2 is 2.09 bits per heavy atom. The van der Waals surface area contributed by atoms with Crippen molar-refractivity contribution in [1.29, 1.82) is 0 Å². The zero-order valence-corrected chi connectivity index (χ0v) is 20.7. The van der Waals surface area contributed by atoms with E-state index in [1.165, 1.54) is 11.1 Å². The molecule has 10 heteroatoms. The van der Waals surface area contributed by atoms with Crippen LogP contribution in [-0.2, 0) is 29.0 Å². The summed E-state index contributed by atoms with van der Waals surface area (Å²) in [5.41, 5.74) is 4.17. The van der Waals surface area contributed by atoms with Gasteiger partial charge in [0, 0.05) is 46.4 Å². The van der Waals surface area contributed by atoms with Crippen LogP contribution < -0.4 is 10.1 Å². The number of nitrogens with zero attached hydrogens (tertiary/aromatic N) is 6. The minimum Gasteiger partial charge on any atom is -0.495 e. The van der Waals surface area contributed by atoms with Crippen LogP contribution in [0.2, 0.25) is 0 Å². The van der Waals surface area contributed by atoms with Crippen LogP contribution >= 0.6 is 0 Å². The third kappa shape index (κ3) is 4.94. The lowest BCUT2D eigenvalue weighted by Crippen LogP contribution is -2.36. The third-order valence-electron chi connectivity index (χ3n) is 7.01. The molecule has 0 bridgehead atoms. The van der Waals surface area contributed by atoms with Crippen LogP contribution in [0.4, 0.5) is 11.6 Å². The Balaban J connectivity index is 1.38. The van der Waals surface area contributed by atoms with Gasteiger partial charge in [-0.25, -0.2) is 9.67 Å². The first kappa shape index (κ1) is 23.5. The van der Waals surface area contributed by atoms with Crippen LogP contribution in [-0.4, -0.2) is 82.0 Å². The number of carbonyl (C=O) groups excluding carboxylic acids is 1. The van der Waals surface area contributed by atoms with Crippen LogP contribution in [0.25, 0.3) is 11.0 Å². The summed E-state index contributed by atoms with van der Waals surface area (Å²) in [4.78, 5) is 25.6. The Bertz CT molecular complexity index is 1210. The molecule has 2 aliphatic heterocycles. The second kappa shape index (κ2) is 10.2. The first-order chi connectivity index (χ1) is 17.1. The molecular formula is C25H33N7O3. The van der Waals surface area contributed by atoms with Crippen molar-refractivity contribution < 1.29 is 14.3 Å². The maximum atomic E-state index is 12.0. The van der Waals surface area contributed by atoms with E-state index in [1.54, 1.807) is 33.5 Å². The minimum atomic E-state index is 0.112. The highest BCUT2D eigenvalue weighted by atomic mass is 16.5. The number of likely N-dealkylation sites (tertiary alicyclic amines) is 1. The summed E-state index contributed by atoms with van der Waals surface area (Å²) >= 11 is 0. The van der Waals surface area contributed by atoms with Gasteiger partial charge in [0.25, 0.3) is 0 Å². The topological polar surface area (TPSA) is 97.6 Å². The van der Waals surface area contributed by atoms with Gasteiger partial charge in [0.2, 0.25) is 11.9 Å². The van der Waals surface area contributed by atoms with E-state index in [-0.39, 0.29) is 11.9 Å². The van der Waals surface area contributed by atoms with Gasteiger partial charge >= 0.3 is 0 Å². The molecule has 1 fully saturated rings. The number of anilines is 2. The third-order valence-corrected chi connectivity index (χ3v) is 7.01. The molecule has 0 unspecified atom stereocenters. The molecule has 1 aromatic carbocycles. The Labute approximate surface area is 205 Å². The Hall–Kier alpha value is -3.24. The zero-order chi connectivity index (χ0) is 24.4. The summed E-state index contributed by atoms with van der Waals surface area (Å²) in [5.74, 6) is 1.37. The molecule has 2 aliphatic rings. The number of hydrogen-bond donors (Lipinski definition) is 1. The quantitative estimate of drug-likeness (QED) is 0.527. The molecule has 4 heterocycles. The number of carbonyl (C=O) groups is 1. The van der Waals surface area contributed by atoms with Gasteiger partial charge in [-0.2, -0.15) is 10.1 Å². The zero-order valence-electron chi connectivity index (χ0n) is 20.7. The molecule has 10 nitrogen and oxygen atoms in total. The van der Waals surface area contributed by atoms with E-state index in [0.717, 1.165) is 74.5 Å². The largest absolute Gasteiger partial charge is 0.495 e. The minimum absolute atomic E-state index is 0.112. The maximum Gasteiger partial charge on any atom is 0.229 e. The van der Waals surface area contributed by atoms with E-state index in [2.05, 4.69) is 32.4 Å². The van der Waals surface area contributed by atoms with Crippen LogP contribution in [0.1, 0.15) is 30.9 Å². The molecule has 1 N–H and O–H groups in total. The van der Waals surface area contributed by atoms with Crippen LogP contribution in [0.15, 0.2) is 24.5 Å². The average Bonchev–Trinajstić information content (AvgIpc) is 3.49. The number of rotatable bonds is 8. The fourth-order valence-electron chi connectivity index (χ4n) is 5.14. The number of benzene rings is 1. The van der Waals surface area contributed by atoms with Crippen molar-refractivity contribution in [3.63, 3.8) is 0 Å². The number of nitrogens with one attached hydrogen (secondary N) is 1. The molecule has 3 aromatic rings. The molecule has 35 heavy (non-hydrogen) atoms. The highest BCUT2D eigenvalue weighted by molar-refractivity contribution is 5.76. The molecule has 0 spiro atoms. The van der Waals surface area contributed by atoms with Crippen molar-refractivity contribution in [2.24, 2.45) is 0 Å². The smallest absolute Gasteiger partial charge is 0.229 e. The number of fused-ring (bicyclic) bond motifs is 2. The van der Waals surface area contributed by atoms with Gasteiger partial charge in [-0.05, 0) is 42.5 Å². The summed E-state index contributed by atoms with van der Waals surface area (Å²) in [5, 5.41) is 8.77. The summed E-state index contributed by atoms with van der Waals surface area (Å²) in [7, 11) is 3.42. The second-order valence-electron chi connectivity index (χ2n) is 9.27. The van der Waals surface area contributed by atoms with Gasteiger partial charge in [0.15, 0.2) is 5.65 Å². The summed E-state index contributed by atoms with van der Waals surface area (Å²) < 4.78 is 12.8. The first-order valence-corrected chi connectivity index (χ1v) is 12.2. The van der Waals surface area contributed by atoms with Crippen LogP contribution in [0, 0.1) is 0 Å². The average molecular weight is 480 g/mol. The first-order valence-electron chi connectivity index (χ1n) is 12.2. The molecule has 0 saturated carbocycles. The standard InChI is InChI=1S/C25H33N7O3/c1-17(33)31-7-4-5-21(31)16-32-24-20(14-27-32)13-26-25(29-24)28-22-11-19-15-30(9-10-34-2)8-6-18(19)12-23(22)35-3/h11-14,21H,4-10,15-16H2,1-3H3,(H,26,28,29)/t21-/m0/s1. The van der Waals surface area contributed by atoms with Crippen molar-refractivity contribution >= 4 is 28.6 Å².